The molecule has 1 N–H and O–H groups in total. The topological polar surface area (TPSA) is 63.6 Å². The Morgan fingerprint density at radius 3 is 2.24 bits per heavy atom. The molecule has 0 saturated carbocycles. The van der Waals surface area contributed by atoms with Gasteiger partial charge in [0.05, 0.1) is 11.5 Å². The summed E-state index contributed by atoms with van der Waals surface area (Å²) >= 11 is 0. The number of hydrogen-bond acceptors (Lipinski definition) is 4. The van der Waals surface area contributed by atoms with Crippen molar-refractivity contribution in [3.8, 4) is 5.75 Å². The van der Waals surface area contributed by atoms with Crippen LogP contribution in [0.25, 0.3) is 0 Å². The van der Waals surface area contributed by atoms with Crippen molar-refractivity contribution in [3.63, 3.8) is 0 Å². The van der Waals surface area contributed by atoms with Crippen molar-refractivity contribution in [2.24, 2.45) is 0 Å². The van der Waals surface area contributed by atoms with Crippen LogP contribution in [0.4, 0.5) is 8.78 Å². The lowest BCUT2D eigenvalue weighted by molar-refractivity contribution is 0.0733. The van der Waals surface area contributed by atoms with Gasteiger partial charge in [-0.2, -0.15) is 0 Å². The van der Waals surface area contributed by atoms with E-state index in [1.54, 1.807) is 0 Å². The largest absolute Gasteiger partial charge is 0.486 e. The Bertz CT molecular complexity index is 509. The molecule has 1 aliphatic heterocycles. The van der Waals surface area contributed by atoms with E-state index in [0.717, 1.165) is 12.1 Å². The second kappa shape index (κ2) is 4.23. The maximum absolute atomic E-state index is 12.9. The van der Waals surface area contributed by atoms with Gasteiger partial charge in [0.15, 0.2) is 9.84 Å². The monoisotopic (exact) mass is 264 g/mol. The lowest BCUT2D eigenvalue weighted by atomic mass is 10.2. The maximum atomic E-state index is 12.9. The molecular weight excluding hydrogens is 254 g/mol. The van der Waals surface area contributed by atoms with Gasteiger partial charge in [0.25, 0.3) is 0 Å². The van der Waals surface area contributed by atoms with E-state index in [-0.39, 0.29) is 11.5 Å². The Morgan fingerprint density at radius 2 is 1.76 bits per heavy atom. The van der Waals surface area contributed by atoms with E-state index < -0.39 is 39.4 Å². The quantitative estimate of drug-likeness (QED) is 0.845. The van der Waals surface area contributed by atoms with E-state index in [9.17, 15) is 22.3 Å². The Kier molecular flexibility index (Phi) is 3.05. The van der Waals surface area contributed by atoms with Gasteiger partial charge in [0, 0.05) is 18.2 Å². The second-order valence-corrected chi connectivity index (χ2v) is 6.06. The number of benzene rings is 1. The fourth-order valence-electron chi connectivity index (χ4n) is 1.68. The van der Waals surface area contributed by atoms with Crippen LogP contribution in [0.1, 0.15) is 0 Å². The van der Waals surface area contributed by atoms with Crippen molar-refractivity contribution in [3.05, 3.63) is 29.8 Å². The summed E-state index contributed by atoms with van der Waals surface area (Å²) in [4.78, 5) is 0. The average molecular weight is 264 g/mol. The summed E-state index contributed by atoms with van der Waals surface area (Å²) in [5, 5.41) is 9.43. The zero-order valence-corrected chi connectivity index (χ0v) is 9.45. The summed E-state index contributed by atoms with van der Waals surface area (Å²) in [7, 11) is -3.35. The summed E-state index contributed by atoms with van der Waals surface area (Å²) in [6.07, 6.45) is -2.16. The van der Waals surface area contributed by atoms with E-state index in [2.05, 4.69) is 0 Å². The first-order valence-electron chi connectivity index (χ1n) is 4.87. The molecule has 0 amide bonds. The van der Waals surface area contributed by atoms with E-state index in [1.807, 2.05) is 0 Å². The molecule has 7 heteroatoms. The third kappa shape index (κ3) is 2.92. The number of ether oxygens (including phenoxy) is 1. The molecule has 17 heavy (non-hydrogen) atoms. The summed E-state index contributed by atoms with van der Waals surface area (Å²) in [5.74, 6) is -2.53. The summed E-state index contributed by atoms with van der Waals surface area (Å²) < 4.78 is 53.2. The molecule has 0 aromatic heterocycles. The van der Waals surface area contributed by atoms with Gasteiger partial charge in [-0.25, -0.2) is 17.2 Å². The van der Waals surface area contributed by atoms with Gasteiger partial charge in [-0.15, -0.1) is 0 Å². The summed E-state index contributed by atoms with van der Waals surface area (Å²) in [6.45, 7) is 0. The van der Waals surface area contributed by atoms with Crippen LogP contribution in [0, 0.1) is 11.6 Å². The Labute approximate surface area is 96.7 Å². The minimum Gasteiger partial charge on any atom is -0.486 e. The fourth-order valence-corrected chi connectivity index (χ4v) is 3.34. The molecule has 0 bridgehead atoms. The van der Waals surface area contributed by atoms with Crippen LogP contribution in [0.15, 0.2) is 18.2 Å². The SMILES string of the molecule is O=S1(=O)CC(O)C(Oc2cc(F)cc(F)c2)C1. The van der Waals surface area contributed by atoms with Gasteiger partial charge in [-0.1, -0.05) is 0 Å². The van der Waals surface area contributed by atoms with Crippen molar-refractivity contribution < 1.29 is 27.0 Å². The molecule has 1 aromatic carbocycles. The number of aliphatic hydroxyl groups is 1. The average Bonchev–Trinajstić information content (AvgIpc) is 2.37. The van der Waals surface area contributed by atoms with Gasteiger partial charge in [0.2, 0.25) is 0 Å². The molecule has 2 atom stereocenters. The minimum atomic E-state index is -3.35. The predicted octanol–water partition coefficient (Wildman–Crippen LogP) is 0.501. The predicted molar refractivity (Wildman–Crippen MR) is 55.4 cm³/mol. The molecule has 94 valence electrons. The van der Waals surface area contributed by atoms with Crippen LogP contribution in [0.3, 0.4) is 0 Å². The molecule has 0 spiro atoms. The highest BCUT2D eigenvalue weighted by atomic mass is 32.2. The molecular formula is C10H10F2O4S. The number of sulfone groups is 1. The third-order valence-electron chi connectivity index (χ3n) is 2.40. The van der Waals surface area contributed by atoms with E-state index in [1.165, 1.54) is 0 Å². The van der Waals surface area contributed by atoms with Crippen LogP contribution in [0.5, 0.6) is 5.75 Å². The van der Waals surface area contributed by atoms with Crippen LogP contribution in [-0.2, 0) is 9.84 Å². The fraction of sp³-hybridized carbons (Fsp3) is 0.400. The molecule has 0 aliphatic carbocycles. The summed E-state index contributed by atoms with van der Waals surface area (Å²) in [6, 6.07) is 2.54. The highest BCUT2D eigenvalue weighted by molar-refractivity contribution is 7.91. The van der Waals surface area contributed by atoms with E-state index in [4.69, 9.17) is 4.74 Å². The highest BCUT2D eigenvalue weighted by Gasteiger charge is 2.38. The van der Waals surface area contributed by atoms with E-state index >= 15 is 0 Å². The number of rotatable bonds is 2. The van der Waals surface area contributed by atoms with E-state index in [0.29, 0.717) is 6.07 Å². The number of hydrogen-bond donors (Lipinski definition) is 1. The maximum Gasteiger partial charge on any atom is 0.156 e. The molecule has 2 rings (SSSR count). The van der Waals surface area contributed by atoms with Gasteiger partial charge in [-0.05, 0) is 0 Å². The minimum absolute atomic E-state index is 0.136. The normalized spacial score (nSPS) is 27.0. The third-order valence-corrected chi connectivity index (χ3v) is 4.08. The highest BCUT2D eigenvalue weighted by Crippen LogP contribution is 2.22. The standard InChI is InChI=1S/C10H10F2O4S/c11-6-1-7(12)3-8(2-6)16-10-5-17(14,15)4-9(10)13/h1-3,9-10,13H,4-5H2. The molecule has 1 fully saturated rings. The lowest BCUT2D eigenvalue weighted by Gasteiger charge is -2.15. The van der Waals surface area contributed by atoms with Gasteiger partial charge in [0.1, 0.15) is 29.6 Å². The second-order valence-electron chi connectivity index (χ2n) is 3.91. The van der Waals surface area contributed by atoms with Crippen molar-refractivity contribution >= 4 is 9.84 Å². The van der Waals surface area contributed by atoms with Crippen LogP contribution >= 0.6 is 0 Å². The van der Waals surface area contributed by atoms with Gasteiger partial charge < -0.3 is 9.84 Å². The van der Waals surface area contributed by atoms with Crippen molar-refractivity contribution in [2.45, 2.75) is 12.2 Å². The number of aliphatic hydroxyl groups excluding tert-OH is 1. The van der Waals surface area contributed by atoms with Crippen LogP contribution in [-0.4, -0.2) is 37.2 Å². The molecule has 1 heterocycles. The van der Waals surface area contributed by atoms with Crippen molar-refractivity contribution in [1.29, 1.82) is 0 Å². The molecule has 4 nitrogen and oxygen atoms in total. The summed E-state index contributed by atoms with van der Waals surface area (Å²) in [5.41, 5.74) is 0. The molecule has 1 aliphatic rings. The zero-order valence-electron chi connectivity index (χ0n) is 8.64. The van der Waals surface area contributed by atoms with Crippen LogP contribution in [0.2, 0.25) is 0 Å². The van der Waals surface area contributed by atoms with Crippen molar-refractivity contribution in [1.82, 2.24) is 0 Å². The molecule has 1 saturated heterocycles. The number of halogens is 2. The zero-order chi connectivity index (χ0) is 12.6. The van der Waals surface area contributed by atoms with Crippen molar-refractivity contribution in [2.75, 3.05) is 11.5 Å². The molecule has 0 radical (unpaired) electrons. The Balaban J connectivity index is 2.16. The lowest BCUT2D eigenvalue weighted by Crippen LogP contribution is -2.29. The van der Waals surface area contributed by atoms with Gasteiger partial charge in [-0.3, -0.25) is 0 Å². The van der Waals surface area contributed by atoms with Gasteiger partial charge >= 0.3 is 0 Å². The molecule has 1 aromatic rings. The van der Waals surface area contributed by atoms with Crippen LogP contribution < -0.4 is 4.74 Å². The first-order chi connectivity index (χ1) is 7.85. The first-order valence-corrected chi connectivity index (χ1v) is 6.69. The Morgan fingerprint density at radius 1 is 1.18 bits per heavy atom. The molecule has 2 unspecified atom stereocenters. The smallest absolute Gasteiger partial charge is 0.156 e. The Hall–Kier alpha value is -1.21. The first kappa shape index (κ1) is 12.3.